The quantitative estimate of drug-likeness (QED) is 0.0917. The molecule has 65 heavy (non-hydrogen) atoms. The van der Waals surface area contributed by atoms with Crippen molar-refractivity contribution < 1.29 is 33.8 Å². The number of nitrogen functional groups attached to an aromatic ring is 1. The van der Waals surface area contributed by atoms with Crippen molar-refractivity contribution in [2.24, 2.45) is 0 Å². The molecule has 5 aliphatic heterocycles. The third-order valence-electron chi connectivity index (χ3n) is 13.4. The van der Waals surface area contributed by atoms with Gasteiger partial charge in [0.05, 0.1) is 22.5 Å². The fourth-order valence-corrected chi connectivity index (χ4v) is 10.0. The van der Waals surface area contributed by atoms with Crippen LogP contribution < -0.4 is 30.9 Å². The Balaban J connectivity index is 0.665. The van der Waals surface area contributed by atoms with E-state index in [1.807, 2.05) is 29.2 Å². The zero-order chi connectivity index (χ0) is 45.0. The number of rotatable bonds is 16. The second-order valence-corrected chi connectivity index (χ2v) is 17.5. The monoisotopic (exact) mass is 884 g/mol. The smallest absolute Gasteiger partial charge is 0.264 e. The van der Waals surface area contributed by atoms with E-state index in [9.17, 15) is 29.1 Å². The molecule has 0 radical (unpaired) electrons. The van der Waals surface area contributed by atoms with Gasteiger partial charge in [0, 0.05) is 100 Å². The highest BCUT2D eigenvalue weighted by Gasteiger charge is 2.46. The Kier molecular flexibility index (Phi) is 12.8. The molecule has 2 bridgehead atoms. The second-order valence-electron chi connectivity index (χ2n) is 17.5. The second kappa shape index (κ2) is 19.2. The molecule has 4 aromatic rings. The summed E-state index contributed by atoms with van der Waals surface area (Å²) in [7, 11) is 0. The molecule has 6 heterocycles. The molecule has 4 fully saturated rings. The molecule has 17 heteroatoms. The summed E-state index contributed by atoms with van der Waals surface area (Å²) in [6, 6.07) is 22.1. The number of hydrogen-bond acceptors (Lipinski definition) is 14. The van der Waals surface area contributed by atoms with Crippen LogP contribution >= 0.6 is 0 Å². The Labute approximate surface area is 377 Å². The maximum atomic E-state index is 13.3. The lowest BCUT2D eigenvalue weighted by atomic mass is 10.0. The van der Waals surface area contributed by atoms with E-state index in [0.717, 1.165) is 93.3 Å². The van der Waals surface area contributed by atoms with E-state index in [-0.39, 0.29) is 35.6 Å². The number of amides is 5. The van der Waals surface area contributed by atoms with Crippen molar-refractivity contribution in [1.29, 1.82) is 0 Å². The number of phenolic OH excluding ortho intramolecular Hbond substituents is 1. The SMILES string of the molecule is Nc1nnc(-c2ccccc2O)cc1N1CC2CCC(C1)N2c1cccc(OCCN2CCN(C(=O)CCCCCCNc3cccc4c3C(=O)N(C3CCC(=O)NC3=O)C4=O)CC2)c1. The highest BCUT2D eigenvalue weighted by Crippen LogP contribution is 2.40. The van der Waals surface area contributed by atoms with E-state index < -0.39 is 29.7 Å². The first-order valence-corrected chi connectivity index (χ1v) is 22.9. The average Bonchev–Trinajstić information content (AvgIpc) is 3.73. The van der Waals surface area contributed by atoms with E-state index in [1.165, 1.54) is 0 Å². The van der Waals surface area contributed by atoms with Gasteiger partial charge in [0.2, 0.25) is 17.7 Å². The van der Waals surface area contributed by atoms with Gasteiger partial charge in [-0.25, -0.2) is 0 Å². The minimum absolute atomic E-state index is 0.0736. The van der Waals surface area contributed by atoms with Crippen LogP contribution in [0, 0.1) is 0 Å². The number of piperazine rings is 2. The molecule has 0 aliphatic carbocycles. The first-order chi connectivity index (χ1) is 31.6. The number of phenols is 1. The number of aromatic hydroxyl groups is 1. The van der Waals surface area contributed by atoms with Crippen LogP contribution in [0.2, 0.25) is 0 Å². The predicted octanol–water partition coefficient (Wildman–Crippen LogP) is 4.28. The maximum Gasteiger partial charge on any atom is 0.264 e. The summed E-state index contributed by atoms with van der Waals surface area (Å²) >= 11 is 0. The molecule has 1 aromatic heterocycles. The number of nitrogens with zero attached hydrogens (tertiary/aromatic N) is 7. The van der Waals surface area contributed by atoms with Crippen LogP contribution in [0.15, 0.2) is 72.8 Å². The minimum atomic E-state index is -1.00. The van der Waals surface area contributed by atoms with Gasteiger partial charge in [-0.3, -0.25) is 39.1 Å². The van der Waals surface area contributed by atoms with Crippen LogP contribution in [0.25, 0.3) is 11.3 Å². The normalized spacial score (nSPS) is 20.9. The molecule has 4 saturated heterocycles. The lowest BCUT2D eigenvalue weighted by Crippen LogP contribution is -2.54. The molecule has 17 nitrogen and oxygen atoms in total. The standard InChI is InChI=1S/C48H56N10O7/c49-45-40(28-38(52-53-45)35-11-4-5-14-41(35)59)56-29-32-16-17-33(30-56)57(32)31-9-7-10-34(27-31)65-26-25-54-21-23-55(24-22-54)43(61)15-3-1-2-6-20-50-37-13-8-12-36-44(37)48(64)58(47(36)63)39-18-19-42(60)51-46(39)62/h4-5,7-14,27-28,32-33,39,50,59H,1-3,6,15-26,29-30H2,(H2,49,53)(H,51,60,62). The average molecular weight is 885 g/mol. The van der Waals surface area contributed by atoms with Crippen molar-refractivity contribution in [1.82, 2.24) is 30.2 Å². The van der Waals surface area contributed by atoms with Crippen LogP contribution in [0.4, 0.5) is 22.9 Å². The number of imide groups is 2. The van der Waals surface area contributed by atoms with Crippen LogP contribution in [-0.4, -0.2) is 137 Å². The number of fused-ring (bicyclic) bond motifs is 3. The first-order valence-electron chi connectivity index (χ1n) is 22.9. The largest absolute Gasteiger partial charge is 0.507 e. The number of carbonyl (C=O) groups is 5. The number of ether oxygens (including phenoxy) is 1. The lowest BCUT2D eigenvalue weighted by Gasteiger charge is -2.43. The molecule has 5 amide bonds. The molecule has 3 unspecified atom stereocenters. The summed E-state index contributed by atoms with van der Waals surface area (Å²) in [5.41, 5.74) is 10.6. The summed E-state index contributed by atoms with van der Waals surface area (Å²) in [5, 5.41) is 24.5. The van der Waals surface area contributed by atoms with Crippen molar-refractivity contribution in [2.45, 2.75) is 75.9 Å². The Morgan fingerprint density at radius 2 is 1.58 bits per heavy atom. The Hall–Kier alpha value is -6.75. The summed E-state index contributed by atoms with van der Waals surface area (Å²) in [6.45, 7) is 6.55. The van der Waals surface area contributed by atoms with Crippen molar-refractivity contribution >= 4 is 52.4 Å². The molecule has 5 N–H and O–H groups in total. The highest BCUT2D eigenvalue weighted by molar-refractivity contribution is 6.25. The van der Waals surface area contributed by atoms with Gasteiger partial charge in [0.25, 0.3) is 11.8 Å². The van der Waals surface area contributed by atoms with Crippen LogP contribution in [0.5, 0.6) is 11.5 Å². The molecule has 0 spiro atoms. The van der Waals surface area contributed by atoms with E-state index in [0.29, 0.717) is 67.5 Å². The summed E-state index contributed by atoms with van der Waals surface area (Å²) in [4.78, 5) is 73.7. The molecule has 340 valence electrons. The predicted molar refractivity (Wildman–Crippen MR) is 245 cm³/mol. The van der Waals surface area contributed by atoms with Crippen LogP contribution in [0.3, 0.4) is 0 Å². The summed E-state index contributed by atoms with van der Waals surface area (Å²) in [5.74, 6) is -0.513. The van der Waals surface area contributed by atoms with Gasteiger partial charge in [-0.15, -0.1) is 10.2 Å². The number of para-hydroxylation sites is 1. The third kappa shape index (κ3) is 9.28. The molecule has 3 aromatic carbocycles. The molecule has 9 rings (SSSR count). The zero-order valence-corrected chi connectivity index (χ0v) is 36.5. The maximum absolute atomic E-state index is 13.3. The number of nitrogens with two attached hydrogens (primary N) is 1. The Morgan fingerprint density at radius 3 is 2.37 bits per heavy atom. The Morgan fingerprint density at radius 1 is 0.831 bits per heavy atom. The van der Waals surface area contributed by atoms with Gasteiger partial charge in [0.15, 0.2) is 5.82 Å². The van der Waals surface area contributed by atoms with Gasteiger partial charge in [-0.2, -0.15) is 0 Å². The fourth-order valence-electron chi connectivity index (χ4n) is 10.0. The van der Waals surface area contributed by atoms with Gasteiger partial charge < -0.3 is 35.6 Å². The van der Waals surface area contributed by atoms with Gasteiger partial charge in [-0.05, 0) is 74.6 Å². The van der Waals surface area contributed by atoms with Gasteiger partial charge >= 0.3 is 0 Å². The van der Waals surface area contributed by atoms with Crippen molar-refractivity contribution in [2.75, 3.05) is 79.8 Å². The number of benzene rings is 3. The van der Waals surface area contributed by atoms with Gasteiger partial charge in [-0.1, -0.05) is 37.1 Å². The molecule has 5 aliphatic rings. The minimum Gasteiger partial charge on any atom is -0.507 e. The number of hydrogen-bond donors (Lipinski definition) is 4. The van der Waals surface area contributed by atoms with E-state index in [2.05, 4.69) is 53.7 Å². The highest BCUT2D eigenvalue weighted by atomic mass is 16.5. The molecular formula is C48H56N10O7. The molecule has 0 saturated carbocycles. The van der Waals surface area contributed by atoms with Gasteiger partial charge in [0.1, 0.15) is 24.1 Å². The summed E-state index contributed by atoms with van der Waals surface area (Å²) < 4.78 is 6.29. The van der Waals surface area contributed by atoms with Crippen molar-refractivity contribution in [3.63, 3.8) is 0 Å². The Bertz CT molecular complexity index is 2440. The fraction of sp³-hybridized carbons (Fsp3) is 0.438. The molecule has 3 atom stereocenters. The van der Waals surface area contributed by atoms with E-state index in [1.54, 1.807) is 30.3 Å². The number of carbonyl (C=O) groups excluding carboxylic acids is 5. The van der Waals surface area contributed by atoms with Crippen molar-refractivity contribution in [3.8, 4) is 22.8 Å². The number of piperidine rings is 1. The topological polar surface area (TPSA) is 207 Å². The van der Waals surface area contributed by atoms with E-state index >= 15 is 0 Å². The van der Waals surface area contributed by atoms with Crippen LogP contribution in [-0.2, 0) is 14.4 Å². The van der Waals surface area contributed by atoms with E-state index in [4.69, 9.17) is 10.5 Å². The third-order valence-corrected chi connectivity index (χ3v) is 13.4. The number of aromatic nitrogens is 2. The first kappa shape index (κ1) is 43.5. The van der Waals surface area contributed by atoms with Crippen LogP contribution in [0.1, 0.15) is 78.5 Å². The number of nitrogens with one attached hydrogen (secondary N) is 2. The zero-order valence-electron chi connectivity index (χ0n) is 36.5. The lowest BCUT2D eigenvalue weighted by molar-refractivity contribution is -0.136. The van der Waals surface area contributed by atoms with Crippen molar-refractivity contribution in [3.05, 3.63) is 83.9 Å². The number of unbranched alkanes of at least 4 members (excludes halogenated alkanes) is 3. The molecular weight excluding hydrogens is 829 g/mol. The number of anilines is 4. The summed E-state index contributed by atoms with van der Waals surface area (Å²) in [6.07, 6.45) is 6.29.